The number of ether oxygens (including phenoxy) is 1. The van der Waals surface area contributed by atoms with Gasteiger partial charge in [-0.2, -0.15) is 0 Å². The lowest BCUT2D eigenvalue weighted by Crippen LogP contribution is -2.58. The number of carbonyl (C=O) groups is 4. The second-order valence-corrected chi connectivity index (χ2v) is 9.55. The quantitative estimate of drug-likeness (QED) is 0.566. The van der Waals surface area contributed by atoms with Crippen LogP contribution in [0.1, 0.15) is 70.6 Å². The molecule has 4 amide bonds. The van der Waals surface area contributed by atoms with Crippen molar-refractivity contribution in [3.05, 3.63) is 12.2 Å². The van der Waals surface area contributed by atoms with Crippen LogP contribution in [0, 0.1) is 5.92 Å². The highest BCUT2D eigenvalue weighted by Gasteiger charge is 2.61. The van der Waals surface area contributed by atoms with Gasteiger partial charge in [0, 0.05) is 18.5 Å². The zero-order chi connectivity index (χ0) is 22.7. The van der Waals surface area contributed by atoms with Gasteiger partial charge in [0.25, 0.3) is 5.91 Å². The second kappa shape index (κ2) is 9.50. The summed E-state index contributed by atoms with van der Waals surface area (Å²) in [5, 5.41) is 6.10. The van der Waals surface area contributed by atoms with Crippen molar-refractivity contribution in [1.82, 2.24) is 15.5 Å². The molecule has 4 unspecified atom stereocenters. The minimum Gasteiger partial charge on any atom is -0.436 e. The highest BCUT2D eigenvalue weighted by atomic mass is 16.6. The van der Waals surface area contributed by atoms with Crippen LogP contribution in [0.25, 0.3) is 0 Å². The first-order chi connectivity index (χ1) is 15.4. The Bertz CT molecular complexity index is 795. The monoisotopic (exact) mass is 446 g/mol. The predicted octanol–water partition coefficient (Wildman–Crippen LogP) is 1.51. The van der Waals surface area contributed by atoms with Gasteiger partial charge in [-0.1, -0.05) is 18.6 Å². The van der Waals surface area contributed by atoms with E-state index >= 15 is 0 Å². The molecule has 0 bridgehead atoms. The molecule has 3 fully saturated rings. The molecule has 176 valence electrons. The van der Waals surface area contributed by atoms with E-state index in [4.69, 9.17) is 10.5 Å². The molecule has 2 aliphatic heterocycles. The molecule has 0 aromatic carbocycles. The van der Waals surface area contributed by atoms with Gasteiger partial charge in [-0.05, 0) is 64.2 Å². The van der Waals surface area contributed by atoms with Crippen molar-refractivity contribution >= 4 is 23.8 Å². The van der Waals surface area contributed by atoms with E-state index in [1.165, 1.54) is 4.90 Å². The SMILES string of the molecule is NC(=O)OC1CCCCC/C=C\C2CC2(C(=O)NC2CCC2)NC(=O)C2CCCN2C1=O. The number of carbonyl (C=O) groups excluding carboxylic acids is 4. The fourth-order valence-corrected chi connectivity index (χ4v) is 5.04. The zero-order valence-corrected chi connectivity index (χ0v) is 18.5. The summed E-state index contributed by atoms with van der Waals surface area (Å²) in [6.45, 7) is 0.417. The van der Waals surface area contributed by atoms with E-state index in [9.17, 15) is 19.2 Å². The molecule has 0 aromatic rings. The van der Waals surface area contributed by atoms with E-state index in [0.717, 1.165) is 44.9 Å². The molecule has 2 saturated carbocycles. The summed E-state index contributed by atoms with van der Waals surface area (Å²) in [6.07, 6.45) is 10.8. The highest BCUT2D eigenvalue weighted by Crippen LogP contribution is 2.46. The van der Waals surface area contributed by atoms with Crippen molar-refractivity contribution in [3.8, 4) is 0 Å². The summed E-state index contributed by atoms with van der Waals surface area (Å²) in [6, 6.07) is -0.489. The van der Waals surface area contributed by atoms with E-state index in [1.54, 1.807) is 0 Å². The molecule has 9 heteroatoms. The first-order valence-corrected chi connectivity index (χ1v) is 12.0. The van der Waals surface area contributed by atoms with Crippen molar-refractivity contribution in [2.75, 3.05) is 6.54 Å². The van der Waals surface area contributed by atoms with Gasteiger partial charge in [-0.25, -0.2) is 4.79 Å². The number of nitrogens with one attached hydrogen (secondary N) is 2. The molecule has 4 N–H and O–H groups in total. The van der Waals surface area contributed by atoms with Crippen LogP contribution >= 0.6 is 0 Å². The van der Waals surface area contributed by atoms with Crippen LogP contribution in [0.5, 0.6) is 0 Å². The lowest BCUT2D eigenvalue weighted by molar-refractivity contribution is -0.146. The van der Waals surface area contributed by atoms with Gasteiger partial charge < -0.3 is 26.0 Å². The first kappa shape index (κ1) is 22.6. The average molecular weight is 447 g/mol. The van der Waals surface area contributed by atoms with Crippen LogP contribution in [0.4, 0.5) is 4.79 Å². The van der Waals surface area contributed by atoms with E-state index in [2.05, 4.69) is 22.8 Å². The van der Waals surface area contributed by atoms with E-state index in [1.807, 2.05) is 0 Å². The minimum absolute atomic E-state index is 0.0341. The summed E-state index contributed by atoms with van der Waals surface area (Å²) in [7, 11) is 0. The molecule has 2 heterocycles. The number of nitrogens with zero attached hydrogens (tertiary/aromatic N) is 1. The molecule has 0 radical (unpaired) electrons. The fourth-order valence-electron chi connectivity index (χ4n) is 5.04. The zero-order valence-electron chi connectivity index (χ0n) is 18.5. The van der Waals surface area contributed by atoms with Crippen molar-refractivity contribution < 1.29 is 23.9 Å². The number of fused-ring (bicyclic) bond motifs is 2. The van der Waals surface area contributed by atoms with Crippen molar-refractivity contribution in [3.63, 3.8) is 0 Å². The minimum atomic E-state index is -0.989. The number of amides is 4. The third-order valence-electron chi connectivity index (χ3n) is 7.28. The normalized spacial score (nSPS) is 34.6. The molecule has 4 atom stereocenters. The standard InChI is InChI=1S/C23H34N4O5/c24-22(31)32-18-12-5-3-1-2-4-8-15-14-23(15,21(30)25-16-9-6-10-16)26-19(28)17-11-7-13-27(17)20(18)29/h4,8,15-18H,1-3,5-7,9-14H2,(H2,24,31)(H,25,30)(H,26,28)/b8-4-. The largest absolute Gasteiger partial charge is 0.436 e. The van der Waals surface area contributed by atoms with Crippen molar-refractivity contribution in [1.29, 1.82) is 0 Å². The third kappa shape index (κ3) is 4.76. The third-order valence-corrected chi connectivity index (χ3v) is 7.28. The van der Waals surface area contributed by atoms with E-state index < -0.39 is 23.8 Å². The van der Waals surface area contributed by atoms with Gasteiger partial charge in [-0.3, -0.25) is 14.4 Å². The molecule has 4 aliphatic rings. The number of hydrogen-bond acceptors (Lipinski definition) is 5. The summed E-state index contributed by atoms with van der Waals surface area (Å²) in [5.41, 5.74) is 4.26. The summed E-state index contributed by atoms with van der Waals surface area (Å²) >= 11 is 0. The fraction of sp³-hybridized carbons (Fsp3) is 0.739. The number of allylic oxidation sites excluding steroid dienone is 1. The van der Waals surface area contributed by atoms with Crippen LogP contribution in [0.15, 0.2) is 12.2 Å². The Hall–Kier alpha value is -2.58. The maximum atomic E-state index is 13.3. The van der Waals surface area contributed by atoms with Crippen LogP contribution in [-0.4, -0.2) is 59.0 Å². The molecule has 1 saturated heterocycles. The lowest BCUT2D eigenvalue weighted by Gasteiger charge is -2.31. The molecule has 0 aromatic heterocycles. The number of nitrogens with two attached hydrogens (primary N) is 1. The lowest BCUT2D eigenvalue weighted by atomic mass is 9.92. The Morgan fingerprint density at radius 1 is 1.09 bits per heavy atom. The molecular weight excluding hydrogens is 412 g/mol. The second-order valence-electron chi connectivity index (χ2n) is 9.55. The van der Waals surface area contributed by atoms with E-state index in [0.29, 0.717) is 32.2 Å². The van der Waals surface area contributed by atoms with Gasteiger partial charge in [0.1, 0.15) is 11.6 Å². The maximum absolute atomic E-state index is 13.3. The Kier molecular flexibility index (Phi) is 6.71. The van der Waals surface area contributed by atoms with Gasteiger partial charge in [0.05, 0.1) is 0 Å². The molecule has 2 aliphatic carbocycles. The molecule has 0 spiro atoms. The highest BCUT2D eigenvalue weighted by molar-refractivity contribution is 5.98. The van der Waals surface area contributed by atoms with Crippen LogP contribution in [0.2, 0.25) is 0 Å². The van der Waals surface area contributed by atoms with Crippen LogP contribution < -0.4 is 16.4 Å². The average Bonchev–Trinajstić information content (AvgIpc) is 3.18. The molecule has 4 rings (SSSR count). The summed E-state index contributed by atoms with van der Waals surface area (Å²) in [4.78, 5) is 52.4. The van der Waals surface area contributed by atoms with Gasteiger partial charge in [0.15, 0.2) is 6.10 Å². The summed E-state index contributed by atoms with van der Waals surface area (Å²) in [5.74, 6) is -0.855. The van der Waals surface area contributed by atoms with Crippen LogP contribution in [0.3, 0.4) is 0 Å². The number of rotatable bonds is 3. The maximum Gasteiger partial charge on any atom is 0.405 e. The number of primary amides is 1. The Balaban J connectivity index is 1.54. The Labute approximate surface area is 188 Å². The van der Waals surface area contributed by atoms with Gasteiger partial charge in [0.2, 0.25) is 11.8 Å². The van der Waals surface area contributed by atoms with Gasteiger partial charge in [-0.15, -0.1) is 0 Å². The molecule has 9 nitrogen and oxygen atoms in total. The Morgan fingerprint density at radius 3 is 2.62 bits per heavy atom. The first-order valence-electron chi connectivity index (χ1n) is 12.0. The predicted molar refractivity (Wildman–Crippen MR) is 116 cm³/mol. The number of hydrogen-bond donors (Lipinski definition) is 3. The topological polar surface area (TPSA) is 131 Å². The summed E-state index contributed by atoms with van der Waals surface area (Å²) < 4.78 is 5.12. The van der Waals surface area contributed by atoms with Crippen molar-refractivity contribution in [2.24, 2.45) is 11.7 Å². The van der Waals surface area contributed by atoms with Crippen molar-refractivity contribution in [2.45, 2.75) is 94.4 Å². The van der Waals surface area contributed by atoms with Crippen LogP contribution in [-0.2, 0) is 19.1 Å². The smallest absolute Gasteiger partial charge is 0.405 e. The molecule has 32 heavy (non-hydrogen) atoms. The van der Waals surface area contributed by atoms with E-state index in [-0.39, 0.29) is 29.7 Å². The van der Waals surface area contributed by atoms with Gasteiger partial charge >= 0.3 is 6.09 Å². The Morgan fingerprint density at radius 2 is 1.91 bits per heavy atom. The molecular formula is C23H34N4O5.